The van der Waals surface area contributed by atoms with Crippen LogP contribution in [0.4, 0.5) is 0 Å². The van der Waals surface area contributed by atoms with E-state index in [9.17, 15) is 14.7 Å². The molecule has 0 spiro atoms. The van der Waals surface area contributed by atoms with E-state index in [1.54, 1.807) is 4.90 Å². The standard InChI is InChI=1S/C19H25NO3/c1-2-13-3-5-14(6-4-13)7-10-18(21)20-11-16(15-8-9-15)17(12-20)19(22)23/h3-6,15-17H,2,7-12H2,1H3,(H,22,23)/t16-,17+/m1/s1. The highest BCUT2D eigenvalue weighted by Crippen LogP contribution is 2.44. The topological polar surface area (TPSA) is 57.6 Å². The lowest BCUT2D eigenvalue weighted by atomic mass is 9.92. The van der Waals surface area contributed by atoms with E-state index in [2.05, 4.69) is 31.2 Å². The van der Waals surface area contributed by atoms with Crippen molar-refractivity contribution < 1.29 is 14.7 Å². The molecule has 1 aliphatic carbocycles. The number of carboxylic acids is 1. The number of carbonyl (C=O) groups is 2. The van der Waals surface area contributed by atoms with Crippen molar-refractivity contribution in [2.45, 2.75) is 39.0 Å². The van der Waals surface area contributed by atoms with E-state index in [0.717, 1.165) is 25.7 Å². The molecule has 0 radical (unpaired) electrons. The third kappa shape index (κ3) is 3.74. The maximum absolute atomic E-state index is 12.4. The van der Waals surface area contributed by atoms with Gasteiger partial charge in [0.2, 0.25) is 5.91 Å². The van der Waals surface area contributed by atoms with E-state index < -0.39 is 5.97 Å². The van der Waals surface area contributed by atoms with Crippen molar-refractivity contribution in [1.82, 2.24) is 4.90 Å². The van der Waals surface area contributed by atoms with Gasteiger partial charge in [-0.1, -0.05) is 31.2 Å². The lowest BCUT2D eigenvalue weighted by molar-refractivity contribution is -0.142. The molecular formula is C19H25NO3. The Kier molecular flexibility index (Phi) is 4.69. The van der Waals surface area contributed by atoms with Crippen molar-refractivity contribution in [1.29, 1.82) is 0 Å². The number of aryl methyl sites for hydroxylation is 2. The third-order valence-electron chi connectivity index (χ3n) is 5.32. The fourth-order valence-corrected chi connectivity index (χ4v) is 3.65. The van der Waals surface area contributed by atoms with E-state index in [4.69, 9.17) is 0 Å². The maximum atomic E-state index is 12.4. The van der Waals surface area contributed by atoms with Gasteiger partial charge in [0.15, 0.2) is 0 Å². The van der Waals surface area contributed by atoms with Crippen molar-refractivity contribution >= 4 is 11.9 Å². The molecule has 0 unspecified atom stereocenters. The van der Waals surface area contributed by atoms with Gasteiger partial charge < -0.3 is 10.0 Å². The number of aliphatic carboxylic acids is 1. The highest BCUT2D eigenvalue weighted by atomic mass is 16.4. The summed E-state index contributed by atoms with van der Waals surface area (Å²) in [7, 11) is 0. The first-order valence-corrected chi connectivity index (χ1v) is 8.67. The van der Waals surface area contributed by atoms with Crippen LogP contribution in [0.15, 0.2) is 24.3 Å². The molecule has 1 aromatic carbocycles. The minimum absolute atomic E-state index is 0.0963. The van der Waals surface area contributed by atoms with Crippen LogP contribution in [0, 0.1) is 17.8 Å². The minimum atomic E-state index is -0.743. The molecule has 1 N–H and O–H groups in total. The molecule has 124 valence electrons. The Morgan fingerprint density at radius 1 is 1.13 bits per heavy atom. The average molecular weight is 315 g/mol. The van der Waals surface area contributed by atoms with Gasteiger partial charge in [0.1, 0.15) is 0 Å². The summed E-state index contributed by atoms with van der Waals surface area (Å²) in [6, 6.07) is 8.39. The predicted molar refractivity (Wildman–Crippen MR) is 88.1 cm³/mol. The van der Waals surface area contributed by atoms with Gasteiger partial charge in [-0.05, 0) is 48.6 Å². The highest BCUT2D eigenvalue weighted by Gasteiger charge is 2.46. The summed E-state index contributed by atoms with van der Waals surface area (Å²) < 4.78 is 0. The van der Waals surface area contributed by atoms with Crippen LogP contribution in [0.1, 0.15) is 37.3 Å². The number of hydrogen-bond acceptors (Lipinski definition) is 2. The Balaban J connectivity index is 1.54. The first kappa shape index (κ1) is 16.0. The van der Waals surface area contributed by atoms with Crippen LogP contribution in [0.25, 0.3) is 0 Å². The molecule has 4 heteroatoms. The molecule has 1 heterocycles. The second-order valence-corrected chi connectivity index (χ2v) is 6.91. The van der Waals surface area contributed by atoms with Gasteiger partial charge in [-0.2, -0.15) is 0 Å². The summed E-state index contributed by atoms with van der Waals surface area (Å²) >= 11 is 0. The molecule has 1 saturated heterocycles. The van der Waals surface area contributed by atoms with E-state index in [-0.39, 0.29) is 17.7 Å². The Hall–Kier alpha value is -1.84. The second kappa shape index (κ2) is 6.73. The summed E-state index contributed by atoms with van der Waals surface area (Å²) in [5.74, 6) is -0.322. The Morgan fingerprint density at radius 2 is 1.78 bits per heavy atom. The summed E-state index contributed by atoms with van der Waals surface area (Å²) in [5.41, 5.74) is 2.47. The first-order chi connectivity index (χ1) is 11.1. The second-order valence-electron chi connectivity index (χ2n) is 6.91. The van der Waals surface area contributed by atoms with Crippen LogP contribution < -0.4 is 0 Å². The molecule has 2 atom stereocenters. The molecule has 1 aliphatic heterocycles. The molecule has 3 rings (SSSR count). The van der Waals surface area contributed by atoms with E-state index in [1.165, 1.54) is 11.1 Å². The third-order valence-corrected chi connectivity index (χ3v) is 5.32. The average Bonchev–Trinajstić information content (AvgIpc) is 3.31. The summed E-state index contributed by atoms with van der Waals surface area (Å²) in [4.78, 5) is 25.6. The number of benzene rings is 1. The molecule has 0 bridgehead atoms. The summed E-state index contributed by atoms with van der Waals surface area (Å²) in [6.45, 7) is 3.15. The molecule has 2 fully saturated rings. The van der Waals surface area contributed by atoms with Crippen LogP contribution in [0.2, 0.25) is 0 Å². The fraction of sp³-hybridized carbons (Fsp3) is 0.579. The largest absolute Gasteiger partial charge is 0.481 e. The molecule has 23 heavy (non-hydrogen) atoms. The van der Waals surface area contributed by atoms with Gasteiger partial charge in [0.05, 0.1) is 5.92 Å². The van der Waals surface area contributed by atoms with Crippen LogP contribution in [-0.4, -0.2) is 35.0 Å². The summed E-state index contributed by atoms with van der Waals surface area (Å²) in [5, 5.41) is 9.38. The number of carbonyl (C=O) groups excluding carboxylic acids is 1. The summed E-state index contributed by atoms with van der Waals surface area (Å²) in [6.07, 6.45) is 4.47. The van der Waals surface area contributed by atoms with Gasteiger partial charge in [-0.25, -0.2) is 0 Å². The molecule has 0 aromatic heterocycles. The molecule has 1 aromatic rings. The monoisotopic (exact) mass is 315 g/mol. The van der Waals surface area contributed by atoms with Gasteiger partial charge in [-0.3, -0.25) is 9.59 Å². The smallest absolute Gasteiger partial charge is 0.308 e. The number of hydrogen-bond donors (Lipinski definition) is 1. The minimum Gasteiger partial charge on any atom is -0.481 e. The van der Waals surface area contributed by atoms with Gasteiger partial charge >= 0.3 is 5.97 Å². The predicted octanol–water partition coefficient (Wildman–Crippen LogP) is 2.75. The lowest BCUT2D eigenvalue weighted by Gasteiger charge is -2.16. The molecule has 4 nitrogen and oxygen atoms in total. The Labute approximate surface area is 137 Å². The van der Waals surface area contributed by atoms with Crippen LogP contribution in [-0.2, 0) is 22.4 Å². The van der Waals surface area contributed by atoms with Gasteiger partial charge in [-0.15, -0.1) is 0 Å². The normalized spacial score (nSPS) is 24.0. The molecular weight excluding hydrogens is 290 g/mol. The van der Waals surface area contributed by atoms with E-state index in [0.29, 0.717) is 25.4 Å². The maximum Gasteiger partial charge on any atom is 0.308 e. The van der Waals surface area contributed by atoms with Gasteiger partial charge in [0.25, 0.3) is 0 Å². The number of carboxylic acid groups (broad SMARTS) is 1. The van der Waals surface area contributed by atoms with Crippen molar-refractivity contribution in [3.8, 4) is 0 Å². The van der Waals surface area contributed by atoms with Gasteiger partial charge in [0, 0.05) is 19.5 Å². The van der Waals surface area contributed by atoms with Crippen molar-refractivity contribution in [2.75, 3.05) is 13.1 Å². The zero-order valence-electron chi connectivity index (χ0n) is 13.7. The number of likely N-dealkylation sites (tertiary alicyclic amines) is 1. The SMILES string of the molecule is CCc1ccc(CCC(=O)N2C[C@H](C(=O)O)[C@@H](C3CC3)C2)cc1. The van der Waals surface area contributed by atoms with Crippen LogP contribution in [0.5, 0.6) is 0 Å². The Bertz CT molecular complexity index is 577. The number of nitrogens with zero attached hydrogens (tertiary/aromatic N) is 1. The first-order valence-electron chi connectivity index (χ1n) is 8.67. The fourth-order valence-electron chi connectivity index (χ4n) is 3.65. The zero-order valence-corrected chi connectivity index (χ0v) is 13.7. The lowest BCUT2D eigenvalue weighted by Crippen LogP contribution is -2.30. The quantitative estimate of drug-likeness (QED) is 0.878. The van der Waals surface area contributed by atoms with Crippen molar-refractivity contribution in [2.24, 2.45) is 17.8 Å². The number of amides is 1. The molecule has 2 aliphatic rings. The highest BCUT2D eigenvalue weighted by molar-refractivity contribution is 5.79. The zero-order chi connectivity index (χ0) is 16.4. The van der Waals surface area contributed by atoms with E-state index in [1.807, 2.05) is 0 Å². The number of rotatable bonds is 6. The van der Waals surface area contributed by atoms with Crippen molar-refractivity contribution in [3.63, 3.8) is 0 Å². The molecule has 1 amide bonds. The molecule has 1 saturated carbocycles. The van der Waals surface area contributed by atoms with E-state index >= 15 is 0 Å². The Morgan fingerprint density at radius 3 is 2.35 bits per heavy atom. The van der Waals surface area contributed by atoms with Crippen LogP contribution in [0.3, 0.4) is 0 Å². The van der Waals surface area contributed by atoms with Crippen LogP contribution >= 0.6 is 0 Å². The van der Waals surface area contributed by atoms with Crippen molar-refractivity contribution in [3.05, 3.63) is 35.4 Å².